The number of amides is 1. The molecule has 0 radical (unpaired) electrons. The van der Waals surface area contributed by atoms with Gasteiger partial charge in [-0.1, -0.05) is 6.07 Å². The maximum Gasteiger partial charge on any atom is 0.243 e. The van der Waals surface area contributed by atoms with Crippen molar-refractivity contribution >= 4 is 33.2 Å². The summed E-state index contributed by atoms with van der Waals surface area (Å²) in [4.78, 5) is 11.0. The van der Waals surface area contributed by atoms with Crippen LogP contribution in [0.4, 0.5) is 11.4 Å². The molecule has 62 valence electrons. The second-order valence-electron chi connectivity index (χ2n) is 2.56. The lowest BCUT2D eigenvalue weighted by atomic mass is 10.2. The van der Waals surface area contributed by atoms with Crippen molar-refractivity contribution in [2.75, 3.05) is 17.2 Å². The maximum absolute atomic E-state index is 11.0. The van der Waals surface area contributed by atoms with Crippen molar-refractivity contribution in [1.29, 1.82) is 0 Å². The average Bonchev–Trinajstić information content (AvgIpc) is 2.07. The van der Waals surface area contributed by atoms with Gasteiger partial charge in [0.1, 0.15) is 0 Å². The molecule has 3 nitrogen and oxygen atoms in total. The molecule has 1 aliphatic heterocycles. The maximum atomic E-state index is 11.0. The summed E-state index contributed by atoms with van der Waals surface area (Å²) in [6.45, 7) is 0.351. The number of benzene rings is 1. The molecule has 1 amide bonds. The third-order valence-corrected chi connectivity index (χ3v) is 2.38. The van der Waals surface area contributed by atoms with Gasteiger partial charge >= 0.3 is 0 Å². The van der Waals surface area contributed by atoms with E-state index in [9.17, 15) is 4.79 Å². The van der Waals surface area contributed by atoms with Gasteiger partial charge in [0.15, 0.2) is 0 Å². The Morgan fingerprint density at radius 2 is 2.25 bits per heavy atom. The summed E-state index contributed by atoms with van der Waals surface area (Å²) in [6, 6.07) is 5.75. The molecule has 1 heterocycles. The fourth-order valence-electron chi connectivity index (χ4n) is 1.16. The van der Waals surface area contributed by atoms with Crippen LogP contribution < -0.4 is 10.6 Å². The van der Waals surface area contributed by atoms with Gasteiger partial charge in [0.25, 0.3) is 0 Å². The van der Waals surface area contributed by atoms with Gasteiger partial charge in [0, 0.05) is 4.47 Å². The molecule has 4 heteroatoms. The van der Waals surface area contributed by atoms with Crippen LogP contribution in [0.2, 0.25) is 0 Å². The van der Waals surface area contributed by atoms with E-state index in [1.165, 1.54) is 0 Å². The van der Waals surface area contributed by atoms with E-state index in [1.807, 2.05) is 18.2 Å². The number of nitrogens with one attached hydrogen (secondary N) is 2. The molecular formula is C8H7BrN2O. The monoisotopic (exact) mass is 226 g/mol. The molecule has 0 spiro atoms. The summed E-state index contributed by atoms with van der Waals surface area (Å²) in [5.41, 5.74) is 1.79. The van der Waals surface area contributed by atoms with E-state index in [4.69, 9.17) is 0 Å². The van der Waals surface area contributed by atoms with Crippen LogP contribution in [-0.4, -0.2) is 12.5 Å². The molecule has 2 N–H and O–H groups in total. The minimum Gasteiger partial charge on any atom is -0.374 e. The van der Waals surface area contributed by atoms with Crippen LogP contribution in [0.15, 0.2) is 22.7 Å². The lowest BCUT2D eigenvalue weighted by Crippen LogP contribution is -2.27. The molecule has 1 aromatic rings. The molecule has 0 aromatic heterocycles. The number of carbonyl (C=O) groups is 1. The van der Waals surface area contributed by atoms with Crippen LogP contribution in [0, 0.1) is 0 Å². The third-order valence-electron chi connectivity index (χ3n) is 1.72. The number of halogens is 1. The highest BCUT2D eigenvalue weighted by Crippen LogP contribution is 2.32. The normalized spacial score (nSPS) is 14.6. The lowest BCUT2D eigenvalue weighted by Gasteiger charge is -2.19. The summed E-state index contributed by atoms with van der Waals surface area (Å²) in [7, 11) is 0. The molecule has 0 saturated heterocycles. The Bertz CT molecular complexity index is 338. The number of hydrogen-bond acceptors (Lipinski definition) is 2. The molecule has 12 heavy (non-hydrogen) atoms. The van der Waals surface area contributed by atoms with Crippen molar-refractivity contribution in [2.45, 2.75) is 0 Å². The first-order valence-corrected chi connectivity index (χ1v) is 4.39. The predicted molar refractivity (Wildman–Crippen MR) is 51.3 cm³/mol. The van der Waals surface area contributed by atoms with E-state index in [1.54, 1.807) is 0 Å². The SMILES string of the molecule is O=C1CNc2cccc(Br)c2N1. The second kappa shape index (κ2) is 2.79. The second-order valence-corrected chi connectivity index (χ2v) is 3.42. The smallest absolute Gasteiger partial charge is 0.243 e. The van der Waals surface area contributed by atoms with Gasteiger partial charge in [-0.05, 0) is 28.1 Å². The van der Waals surface area contributed by atoms with Crippen molar-refractivity contribution in [2.24, 2.45) is 0 Å². The Morgan fingerprint density at radius 1 is 1.42 bits per heavy atom. The molecule has 0 bridgehead atoms. The van der Waals surface area contributed by atoms with E-state index < -0.39 is 0 Å². The van der Waals surface area contributed by atoms with Gasteiger partial charge in [-0.15, -0.1) is 0 Å². The zero-order valence-electron chi connectivity index (χ0n) is 6.23. The summed E-state index contributed by atoms with van der Waals surface area (Å²) in [5, 5.41) is 5.79. The highest BCUT2D eigenvalue weighted by molar-refractivity contribution is 9.10. The fraction of sp³-hybridized carbons (Fsp3) is 0.125. The first-order valence-electron chi connectivity index (χ1n) is 3.59. The molecule has 0 fully saturated rings. The van der Waals surface area contributed by atoms with Crippen LogP contribution in [0.1, 0.15) is 0 Å². The Kier molecular flexibility index (Phi) is 1.77. The van der Waals surface area contributed by atoms with E-state index in [0.717, 1.165) is 15.8 Å². The van der Waals surface area contributed by atoms with E-state index in [0.29, 0.717) is 6.54 Å². The van der Waals surface area contributed by atoms with Crippen LogP contribution in [-0.2, 0) is 4.79 Å². The van der Waals surface area contributed by atoms with Crippen molar-refractivity contribution in [3.8, 4) is 0 Å². The van der Waals surface area contributed by atoms with Crippen molar-refractivity contribution in [3.05, 3.63) is 22.7 Å². The standard InChI is InChI=1S/C8H7BrN2O/c9-5-2-1-3-6-8(5)11-7(12)4-10-6/h1-3,10H,4H2,(H,11,12). The van der Waals surface area contributed by atoms with Crippen LogP contribution in [0.25, 0.3) is 0 Å². The van der Waals surface area contributed by atoms with Crippen LogP contribution in [0.3, 0.4) is 0 Å². The Morgan fingerprint density at radius 3 is 3.08 bits per heavy atom. The van der Waals surface area contributed by atoms with Gasteiger partial charge in [-0.2, -0.15) is 0 Å². The number of rotatable bonds is 0. The fourth-order valence-corrected chi connectivity index (χ4v) is 1.62. The summed E-state index contributed by atoms with van der Waals surface area (Å²) in [5.74, 6) is -0.00519. The zero-order valence-corrected chi connectivity index (χ0v) is 7.81. The number of carbonyl (C=O) groups excluding carboxylic acids is 1. The van der Waals surface area contributed by atoms with Gasteiger partial charge in [-0.3, -0.25) is 4.79 Å². The lowest BCUT2D eigenvalue weighted by molar-refractivity contribution is -0.114. The molecule has 1 aliphatic rings. The van der Waals surface area contributed by atoms with Crippen molar-refractivity contribution in [1.82, 2.24) is 0 Å². The number of anilines is 2. The van der Waals surface area contributed by atoms with Gasteiger partial charge in [-0.25, -0.2) is 0 Å². The van der Waals surface area contributed by atoms with Crippen LogP contribution >= 0.6 is 15.9 Å². The number of para-hydroxylation sites is 1. The Labute approximate surface area is 78.3 Å². The molecule has 2 rings (SSSR count). The van der Waals surface area contributed by atoms with E-state index in [-0.39, 0.29) is 5.91 Å². The Balaban J connectivity index is 2.50. The number of hydrogen-bond donors (Lipinski definition) is 2. The van der Waals surface area contributed by atoms with Crippen molar-refractivity contribution in [3.63, 3.8) is 0 Å². The third kappa shape index (κ3) is 1.18. The van der Waals surface area contributed by atoms with Crippen LogP contribution in [0.5, 0.6) is 0 Å². The summed E-state index contributed by atoms with van der Waals surface area (Å²) in [6.07, 6.45) is 0. The first kappa shape index (κ1) is 7.61. The van der Waals surface area contributed by atoms with Gasteiger partial charge in [0.2, 0.25) is 5.91 Å². The molecule has 0 aliphatic carbocycles. The minimum atomic E-state index is -0.00519. The largest absolute Gasteiger partial charge is 0.374 e. The summed E-state index contributed by atoms with van der Waals surface area (Å²) >= 11 is 3.35. The first-order chi connectivity index (χ1) is 5.77. The highest BCUT2D eigenvalue weighted by atomic mass is 79.9. The minimum absolute atomic E-state index is 0.00519. The summed E-state index contributed by atoms with van der Waals surface area (Å²) < 4.78 is 0.903. The molecule has 0 unspecified atom stereocenters. The number of fused-ring (bicyclic) bond motifs is 1. The highest BCUT2D eigenvalue weighted by Gasteiger charge is 2.15. The Hall–Kier alpha value is -1.03. The van der Waals surface area contributed by atoms with Gasteiger partial charge < -0.3 is 10.6 Å². The molecule has 0 atom stereocenters. The average molecular weight is 227 g/mol. The molecule has 1 aromatic carbocycles. The molecular weight excluding hydrogens is 220 g/mol. The van der Waals surface area contributed by atoms with Crippen molar-refractivity contribution < 1.29 is 4.79 Å². The van der Waals surface area contributed by atoms with Gasteiger partial charge in [0.05, 0.1) is 17.9 Å². The quantitative estimate of drug-likeness (QED) is 0.709. The zero-order chi connectivity index (χ0) is 8.55. The van der Waals surface area contributed by atoms with E-state index in [2.05, 4.69) is 26.6 Å². The predicted octanol–water partition coefficient (Wildman–Crippen LogP) is 1.81. The van der Waals surface area contributed by atoms with E-state index >= 15 is 0 Å². The topological polar surface area (TPSA) is 41.1 Å². The molecule has 0 saturated carbocycles.